The zero-order valence-electron chi connectivity index (χ0n) is 12.3. The molecule has 1 atom stereocenters. The van der Waals surface area contributed by atoms with E-state index in [9.17, 15) is 0 Å². The molecule has 1 aromatic heterocycles. The predicted molar refractivity (Wildman–Crippen MR) is 96.6 cm³/mol. The molecule has 112 valence electrons. The first-order chi connectivity index (χ1) is 10.2. The lowest BCUT2D eigenvalue weighted by molar-refractivity contribution is 0.578. The molecule has 0 saturated carbocycles. The summed E-state index contributed by atoms with van der Waals surface area (Å²) in [6.07, 6.45) is 3.98. The van der Waals surface area contributed by atoms with Gasteiger partial charge in [-0.05, 0) is 60.3 Å². The van der Waals surface area contributed by atoms with Crippen LogP contribution in [0.25, 0.3) is 0 Å². The maximum Gasteiger partial charge on any atom is 0.0602 e. The Morgan fingerprint density at radius 1 is 1.19 bits per heavy atom. The third-order valence-electron chi connectivity index (χ3n) is 3.99. The average molecular weight is 365 g/mol. The Labute approximate surface area is 139 Å². The smallest absolute Gasteiger partial charge is 0.0602 e. The Kier molecular flexibility index (Phi) is 4.86. The van der Waals surface area contributed by atoms with Crippen LogP contribution in [0.4, 0.5) is 11.4 Å². The molecule has 1 saturated heterocycles. The highest BCUT2D eigenvalue weighted by molar-refractivity contribution is 9.10. The summed E-state index contributed by atoms with van der Waals surface area (Å²) in [5.74, 6) is 0. The van der Waals surface area contributed by atoms with Gasteiger partial charge in [0, 0.05) is 27.8 Å². The minimum atomic E-state index is 0.326. The second kappa shape index (κ2) is 6.84. The minimum absolute atomic E-state index is 0.326. The monoisotopic (exact) mass is 364 g/mol. The summed E-state index contributed by atoms with van der Waals surface area (Å²) in [5.41, 5.74) is 2.59. The molecule has 1 unspecified atom stereocenters. The highest BCUT2D eigenvalue weighted by Gasteiger charge is 2.16. The molecule has 1 aliphatic heterocycles. The summed E-state index contributed by atoms with van der Waals surface area (Å²) in [6, 6.07) is 11.2. The lowest BCUT2D eigenvalue weighted by Crippen LogP contribution is -2.30. The second-order valence-electron chi connectivity index (χ2n) is 5.60. The Hall–Kier alpha value is -1.000. The van der Waals surface area contributed by atoms with Crippen LogP contribution in [-0.2, 0) is 0 Å². The number of piperidine rings is 1. The summed E-state index contributed by atoms with van der Waals surface area (Å²) in [4.78, 5) is 3.87. The molecule has 2 aromatic rings. The van der Waals surface area contributed by atoms with Crippen molar-refractivity contribution >= 4 is 38.6 Å². The van der Waals surface area contributed by atoms with Crippen LogP contribution >= 0.6 is 27.3 Å². The van der Waals surface area contributed by atoms with E-state index in [0.717, 1.165) is 0 Å². The number of benzene rings is 1. The van der Waals surface area contributed by atoms with E-state index in [2.05, 4.69) is 68.8 Å². The molecule has 0 radical (unpaired) electrons. The first-order valence-electron chi connectivity index (χ1n) is 7.58. The molecule has 1 N–H and O–H groups in total. The molecule has 3 rings (SSSR count). The van der Waals surface area contributed by atoms with Crippen molar-refractivity contribution in [2.75, 3.05) is 23.3 Å². The molecule has 0 amide bonds. The summed E-state index contributed by atoms with van der Waals surface area (Å²) in [7, 11) is 0. The number of halogens is 1. The number of thiophene rings is 1. The van der Waals surface area contributed by atoms with Crippen LogP contribution in [0.1, 0.15) is 37.1 Å². The van der Waals surface area contributed by atoms with E-state index in [4.69, 9.17) is 0 Å². The van der Waals surface area contributed by atoms with Crippen molar-refractivity contribution in [3.8, 4) is 0 Å². The fourth-order valence-corrected chi connectivity index (χ4v) is 4.32. The zero-order chi connectivity index (χ0) is 14.7. The van der Waals surface area contributed by atoms with Crippen LogP contribution in [0.2, 0.25) is 0 Å². The molecule has 1 aromatic carbocycles. The Bertz CT molecular complexity index is 590. The number of para-hydroxylation sites is 2. The van der Waals surface area contributed by atoms with Crippen molar-refractivity contribution in [3.63, 3.8) is 0 Å². The number of anilines is 2. The summed E-state index contributed by atoms with van der Waals surface area (Å²) in [5, 5.41) is 5.83. The highest BCUT2D eigenvalue weighted by atomic mass is 79.9. The van der Waals surface area contributed by atoms with Gasteiger partial charge in [-0.2, -0.15) is 0 Å². The first kappa shape index (κ1) is 14.9. The maximum atomic E-state index is 3.69. The van der Waals surface area contributed by atoms with E-state index in [0.29, 0.717) is 6.04 Å². The minimum Gasteiger partial charge on any atom is -0.376 e. The van der Waals surface area contributed by atoms with E-state index in [1.807, 2.05) is 0 Å². The molecule has 2 heterocycles. The van der Waals surface area contributed by atoms with E-state index in [-0.39, 0.29) is 0 Å². The summed E-state index contributed by atoms with van der Waals surface area (Å²) < 4.78 is 1.17. The van der Waals surface area contributed by atoms with Crippen molar-refractivity contribution in [2.24, 2.45) is 0 Å². The maximum absolute atomic E-state index is 3.69. The lowest BCUT2D eigenvalue weighted by Gasteiger charge is -2.31. The van der Waals surface area contributed by atoms with Gasteiger partial charge in [0.2, 0.25) is 0 Å². The molecule has 1 fully saturated rings. The largest absolute Gasteiger partial charge is 0.376 e. The van der Waals surface area contributed by atoms with Crippen LogP contribution in [0.15, 0.2) is 40.2 Å². The van der Waals surface area contributed by atoms with E-state index in [1.165, 1.54) is 53.1 Å². The molecule has 0 spiro atoms. The Morgan fingerprint density at radius 2 is 1.95 bits per heavy atom. The summed E-state index contributed by atoms with van der Waals surface area (Å²) >= 11 is 5.33. The lowest BCUT2D eigenvalue weighted by atomic mass is 10.1. The van der Waals surface area contributed by atoms with Crippen LogP contribution in [0.5, 0.6) is 0 Å². The van der Waals surface area contributed by atoms with E-state index < -0.39 is 0 Å². The van der Waals surface area contributed by atoms with Crippen LogP contribution < -0.4 is 10.2 Å². The third-order valence-corrected chi connectivity index (χ3v) is 5.86. The van der Waals surface area contributed by atoms with Gasteiger partial charge >= 0.3 is 0 Å². The average Bonchev–Trinajstić information content (AvgIpc) is 2.95. The van der Waals surface area contributed by atoms with E-state index in [1.54, 1.807) is 11.3 Å². The second-order valence-corrected chi connectivity index (χ2v) is 7.46. The molecule has 0 bridgehead atoms. The van der Waals surface area contributed by atoms with Crippen molar-refractivity contribution < 1.29 is 0 Å². The van der Waals surface area contributed by atoms with Crippen LogP contribution in [0, 0.1) is 0 Å². The van der Waals surface area contributed by atoms with Gasteiger partial charge in [0.15, 0.2) is 0 Å². The SMILES string of the molecule is CC(Nc1ccccc1N1CCCCC1)c1cc(Br)cs1. The van der Waals surface area contributed by atoms with Crippen molar-refractivity contribution in [3.05, 3.63) is 45.1 Å². The summed E-state index contributed by atoms with van der Waals surface area (Å²) in [6.45, 7) is 4.58. The van der Waals surface area contributed by atoms with Gasteiger partial charge in [-0.1, -0.05) is 12.1 Å². The zero-order valence-corrected chi connectivity index (χ0v) is 14.7. The molecule has 4 heteroatoms. The molecule has 2 nitrogen and oxygen atoms in total. The molecular formula is C17H21BrN2S. The highest BCUT2D eigenvalue weighted by Crippen LogP contribution is 2.33. The topological polar surface area (TPSA) is 15.3 Å². The predicted octanol–water partition coefficient (Wildman–Crippen LogP) is 5.67. The Morgan fingerprint density at radius 3 is 2.67 bits per heavy atom. The fraction of sp³-hybridized carbons (Fsp3) is 0.412. The number of rotatable bonds is 4. The first-order valence-corrected chi connectivity index (χ1v) is 9.26. The molecule has 0 aliphatic carbocycles. The number of hydrogen-bond acceptors (Lipinski definition) is 3. The van der Waals surface area contributed by atoms with Gasteiger partial charge in [-0.25, -0.2) is 0 Å². The van der Waals surface area contributed by atoms with Gasteiger partial charge < -0.3 is 10.2 Å². The van der Waals surface area contributed by atoms with E-state index >= 15 is 0 Å². The molecule has 21 heavy (non-hydrogen) atoms. The van der Waals surface area contributed by atoms with Gasteiger partial charge in [0.25, 0.3) is 0 Å². The van der Waals surface area contributed by atoms with Gasteiger partial charge in [-0.15, -0.1) is 11.3 Å². The van der Waals surface area contributed by atoms with Gasteiger partial charge in [-0.3, -0.25) is 0 Å². The van der Waals surface area contributed by atoms with Crippen molar-refractivity contribution in [2.45, 2.75) is 32.2 Å². The third kappa shape index (κ3) is 3.61. The molecule has 1 aliphatic rings. The van der Waals surface area contributed by atoms with Crippen LogP contribution in [-0.4, -0.2) is 13.1 Å². The van der Waals surface area contributed by atoms with Gasteiger partial charge in [0.05, 0.1) is 17.4 Å². The van der Waals surface area contributed by atoms with Crippen molar-refractivity contribution in [1.82, 2.24) is 0 Å². The van der Waals surface area contributed by atoms with Crippen LogP contribution in [0.3, 0.4) is 0 Å². The number of nitrogens with zero attached hydrogens (tertiary/aromatic N) is 1. The van der Waals surface area contributed by atoms with Gasteiger partial charge in [0.1, 0.15) is 0 Å². The quantitative estimate of drug-likeness (QED) is 0.751. The molecular weight excluding hydrogens is 344 g/mol. The fourth-order valence-electron chi connectivity index (χ4n) is 2.87. The number of hydrogen-bond donors (Lipinski definition) is 1. The number of nitrogens with one attached hydrogen (secondary N) is 1. The normalized spacial score (nSPS) is 16.8. The standard InChI is InChI=1S/C17H21BrN2S/c1-13(17-11-14(18)12-21-17)19-15-7-3-4-8-16(15)20-9-5-2-6-10-20/h3-4,7-8,11-13,19H,2,5-6,9-10H2,1H3. The Balaban J connectivity index is 1.78. The van der Waals surface area contributed by atoms with Crippen molar-refractivity contribution in [1.29, 1.82) is 0 Å².